The van der Waals surface area contributed by atoms with E-state index in [1.807, 2.05) is 0 Å². The van der Waals surface area contributed by atoms with E-state index in [0.717, 1.165) is 0 Å². The molecule has 0 unspecified atom stereocenters. The maximum Gasteiger partial charge on any atom is 0.255 e. The van der Waals surface area contributed by atoms with Gasteiger partial charge in [0.2, 0.25) is 16.0 Å². The zero-order valence-corrected chi connectivity index (χ0v) is 18.6. The first-order valence-corrected chi connectivity index (χ1v) is 10.4. The number of sulfonamides is 1. The highest BCUT2D eigenvalue weighted by Gasteiger charge is 2.15. The molecule has 1 aromatic carbocycles. The molecule has 1 aromatic heterocycles. The molecule has 8 nitrogen and oxygen atoms in total. The van der Waals surface area contributed by atoms with Crippen LogP contribution in [-0.2, 0) is 16.4 Å². The molecule has 2 rings (SSSR count). The Hall–Kier alpha value is -1.56. The Kier molecular flexibility index (Phi) is 8.79. The predicted octanol–water partition coefficient (Wildman–Crippen LogP) is 1.73. The lowest BCUT2D eigenvalue weighted by molar-refractivity contribution is 0.102. The van der Waals surface area contributed by atoms with E-state index in [2.05, 4.69) is 30.6 Å². The van der Waals surface area contributed by atoms with Crippen LogP contribution in [0.2, 0.25) is 0 Å². The smallest absolute Gasteiger partial charge is 0.255 e. The molecule has 0 fully saturated rings. The molecular weight excluding hydrogens is 504 g/mol. The second kappa shape index (κ2) is 10.1. The fourth-order valence-electron chi connectivity index (χ4n) is 2.38. The van der Waals surface area contributed by atoms with Crippen molar-refractivity contribution < 1.29 is 13.2 Å². The van der Waals surface area contributed by atoms with Gasteiger partial charge in [-0.2, -0.15) is 0 Å². The summed E-state index contributed by atoms with van der Waals surface area (Å²) in [6.07, 6.45) is 0.796. The van der Waals surface area contributed by atoms with Gasteiger partial charge in [-0.1, -0.05) is 28.1 Å². The number of halogens is 2. The zero-order chi connectivity index (χ0) is 19.3. The third-order valence-corrected chi connectivity index (χ3v) is 5.73. The second-order valence-corrected chi connectivity index (χ2v) is 7.93. The highest BCUT2D eigenvalue weighted by molar-refractivity contribution is 9.09. The molecule has 0 saturated carbocycles. The van der Waals surface area contributed by atoms with Gasteiger partial charge in [-0.05, 0) is 31.9 Å². The van der Waals surface area contributed by atoms with Crippen LogP contribution in [0.1, 0.15) is 28.0 Å². The summed E-state index contributed by atoms with van der Waals surface area (Å²) < 4.78 is 27.0. The molecule has 4 N–H and O–H groups in total. The summed E-state index contributed by atoms with van der Waals surface area (Å²) in [7, 11) is -3.69. The van der Waals surface area contributed by atoms with Crippen molar-refractivity contribution in [3.05, 3.63) is 51.4 Å². The van der Waals surface area contributed by atoms with Crippen molar-refractivity contribution >= 4 is 54.7 Å². The number of hydrogen-bond acceptors (Lipinski definition) is 6. The minimum absolute atomic E-state index is 0. The van der Waals surface area contributed by atoms with E-state index in [9.17, 15) is 18.0 Å². The minimum atomic E-state index is -3.69. The first-order valence-electron chi connectivity index (χ1n) is 7.79. The highest BCUT2D eigenvalue weighted by atomic mass is 79.9. The molecule has 0 atom stereocenters. The van der Waals surface area contributed by atoms with Crippen molar-refractivity contribution in [1.82, 2.24) is 14.7 Å². The first-order chi connectivity index (χ1) is 12.2. The Morgan fingerprint density at radius 2 is 1.93 bits per heavy atom. The third-order valence-electron chi connectivity index (χ3n) is 3.74. The van der Waals surface area contributed by atoms with Crippen LogP contribution in [0.4, 0.5) is 5.95 Å². The Morgan fingerprint density at radius 3 is 2.48 bits per heavy atom. The SMILES string of the molecule is Br.Cc1nc(N)[nH]c(=O)c1CCCNS(=O)(=O)c1ccc(C(=O)CBr)cc1. The molecule has 11 heteroatoms. The number of nitrogens with two attached hydrogens (primary N) is 1. The van der Waals surface area contributed by atoms with Gasteiger partial charge in [0.15, 0.2) is 5.78 Å². The number of nitrogens with one attached hydrogen (secondary N) is 2. The number of carbonyl (C=O) groups excluding carboxylic acids is 1. The Morgan fingerprint density at radius 1 is 1.30 bits per heavy atom. The van der Waals surface area contributed by atoms with Gasteiger partial charge in [-0.15, -0.1) is 17.0 Å². The standard InChI is InChI=1S/C16H19BrN4O4S.BrH/c1-10-13(15(23)21-16(18)20-10)3-2-8-19-26(24,25)12-6-4-11(5-7-12)14(22)9-17;/h4-7,19H,2-3,8-9H2,1H3,(H3,18,20,21,23);1H. The second-order valence-electron chi connectivity index (χ2n) is 5.60. The number of nitrogen functional groups attached to an aromatic ring is 1. The van der Waals surface area contributed by atoms with Crippen LogP contribution in [0.5, 0.6) is 0 Å². The number of hydrogen-bond donors (Lipinski definition) is 3. The van der Waals surface area contributed by atoms with E-state index in [4.69, 9.17) is 5.73 Å². The average molecular weight is 524 g/mol. The van der Waals surface area contributed by atoms with Gasteiger partial charge in [0.25, 0.3) is 5.56 Å². The average Bonchev–Trinajstić information content (AvgIpc) is 2.59. The van der Waals surface area contributed by atoms with E-state index in [1.165, 1.54) is 24.3 Å². The number of ketones is 1. The van der Waals surface area contributed by atoms with Gasteiger partial charge in [0, 0.05) is 23.4 Å². The number of aromatic nitrogens is 2. The Balaban J connectivity index is 0.00000364. The highest BCUT2D eigenvalue weighted by Crippen LogP contribution is 2.12. The van der Waals surface area contributed by atoms with E-state index >= 15 is 0 Å². The number of H-pyrrole nitrogens is 1. The quantitative estimate of drug-likeness (QED) is 0.274. The van der Waals surface area contributed by atoms with Gasteiger partial charge >= 0.3 is 0 Å². The van der Waals surface area contributed by atoms with E-state index in [0.29, 0.717) is 29.7 Å². The molecule has 0 amide bonds. The van der Waals surface area contributed by atoms with Crippen LogP contribution in [0.25, 0.3) is 0 Å². The zero-order valence-electron chi connectivity index (χ0n) is 14.5. The largest absolute Gasteiger partial charge is 0.369 e. The molecule has 0 saturated heterocycles. The van der Waals surface area contributed by atoms with Gasteiger partial charge < -0.3 is 5.73 Å². The van der Waals surface area contributed by atoms with E-state index in [1.54, 1.807) is 6.92 Å². The van der Waals surface area contributed by atoms with Crippen molar-refractivity contribution in [2.45, 2.75) is 24.7 Å². The van der Waals surface area contributed by atoms with Gasteiger partial charge in [-0.25, -0.2) is 18.1 Å². The van der Waals surface area contributed by atoms with Crippen LogP contribution in [-0.4, -0.2) is 36.0 Å². The summed E-state index contributed by atoms with van der Waals surface area (Å²) in [5.41, 5.74) is 6.59. The number of aryl methyl sites for hydroxylation is 1. The van der Waals surface area contributed by atoms with Crippen LogP contribution in [0, 0.1) is 6.92 Å². The van der Waals surface area contributed by atoms with Crippen LogP contribution in [0.3, 0.4) is 0 Å². The first kappa shape index (κ1) is 23.5. The van der Waals surface area contributed by atoms with Crippen LogP contribution in [0.15, 0.2) is 34.0 Å². The predicted molar refractivity (Wildman–Crippen MR) is 112 cm³/mol. The third kappa shape index (κ3) is 6.23. The maximum absolute atomic E-state index is 12.3. The van der Waals surface area contributed by atoms with E-state index < -0.39 is 10.0 Å². The molecule has 27 heavy (non-hydrogen) atoms. The van der Waals surface area contributed by atoms with Crippen molar-refractivity contribution in [1.29, 1.82) is 0 Å². The lowest BCUT2D eigenvalue weighted by Gasteiger charge is -2.08. The Bertz CT molecular complexity index is 959. The lowest BCUT2D eigenvalue weighted by Crippen LogP contribution is -2.26. The van der Waals surface area contributed by atoms with Crippen molar-refractivity contribution in [2.75, 3.05) is 17.6 Å². The number of aromatic amines is 1. The molecule has 0 aliphatic heterocycles. The molecule has 0 aliphatic carbocycles. The number of alkyl halides is 1. The summed E-state index contributed by atoms with van der Waals surface area (Å²) in [6, 6.07) is 5.72. The fourth-order valence-corrected chi connectivity index (χ4v) is 3.78. The molecule has 1 heterocycles. The molecule has 0 spiro atoms. The molecule has 148 valence electrons. The van der Waals surface area contributed by atoms with Gasteiger partial charge in [0.05, 0.1) is 10.2 Å². The summed E-state index contributed by atoms with van der Waals surface area (Å²) in [4.78, 5) is 29.9. The fraction of sp³-hybridized carbons (Fsp3) is 0.312. The van der Waals surface area contributed by atoms with E-state index in [-0.39, 0.29) is 51.0 Å². The minimum Gasteiger partial charge on any atom is -0.369 e. The Labute approximate surface area is 175 Å². The number of benzene rings is 1. The van der Waals surface area contributed by atoms with Crippen molar-refractivity contribution in [3.63, 3.8) is 0 Å². The maximum atomic E-state index is 12.3. The number of carbonyl (C=O) groups is 1. The van der Waals surface area contributed by atoms with Gasteiger partial charge in [0.1, 0.15) is 0 Å². The topological polar surface area (TPSA) is 135 Å². The molecule has 0 radical (unpaired) electrons. The number of rotatable bonds is 8. The molecule has 0 bridgehead atoms. The summed E-state index contributed by atoms with van der Waals surface area (Å²) >= 11 is 3.07. The van der Waals surface area contributed by atoms with Crippen LogP contribution >= 0.6 is 32.9 Å². The number of Topliss-reactive ketones (excluding diaryl/α,β-unsaturated/α-hetero) is 1. The summed E-state index contributed by atoms with van der Waals surface area (Å²) in [5.74, 6) is -0.0709. The van der Waals surface area contributed by atoms with Gasteiger partial charge in [-0.3, -0.25) is 14.6 Å². The molecular formula is C16H20Br2N4O4S. The van der Waals surface area contributed by atoms with Crippen LogP contribution < -0.4 is 16.0 Å². The number of nitrogens with zero attached hydrogens (tertiary/aromatic N) is 1. The number of anilines is 1. The molecule has 0 aliphatic rings. The van der Waals surface area contributed by atoms with Crippen molar-refractivity contribution in [3.8, 4) is 0 Å². The normalized spacial score (nSPS) is 11.0. The summed E-state index contributed by atoms with van der Waals surface area (Å²) in [5, 5.41) is 0.176. The van der Waals surface area contributed by atoms with Crippen molar-refractivity contribution in [2.24, 2.45) is 0 Å². The molecule has 2 aromatic rings. The summed E-state index contributed by atoms with van der Waals surface area (Å²) in [6.45, 7) is 1.84. The lowest BCUT2D eigenvalue weighted by atomic mass is 10.1. The monoisotopic (exact) mass is 522 g/mol.